The van der Waals surface area contributed by atoms with Crippen LogP contribution in [0.1, 0.15) is 21.5 Å². The molecule has 0 unspecified atom stereocenters. The van der Waals surface area contributed by atoms with E-state index < -0.39 is 0 Å². The van der Waals surface area contributed by atoms with Gasteiger partial charge >= 0.3 is 0 Å². The fourth-order valence-electron chi connectivity index (χ4n) is 3.42. The number of para-hydroxylation sites is 1. The van der Waals surface area contributed by atoms with E-state index in [0.717, 1.165) is 39.3 Å². The SMILES string of the molecule is COc1cc(C)c(-c2nc3cccc4c3n2CCNC4=O)cc1C. The number of nitrogens with one attached hydrogen (secondary N) is 1. The second kappa shape index (κ2) is 5.37. The van der Waals surface area contributed by atoms with Gasteiger partial charge in [-0.3, -0.25) is 4.79 Å². The normalized spacial score (nSPS) is 13.7. The minimum absolute atomic E-state index is 0.0339. The molecule has 0 saturated heterocycles. The number of aromatic nitrogens is 2. The van der Waals surface area contributed by atoms with E-state index in [1.54, 1.807) is 7.11 Å². The number of imidazole rings is 1. The molecule has 4 rings (SSSR count). The van der Waals surface area contributed by atoms with Gasteiger partial charge in [0.1, 0.15) is 11.6 Å². The van der Waals surface area contributed by atoms with Crippen LogP contribution in [0.5, 0.6) is 5.75 Å². The summed E-state index contributed by atoms with van der Waals surface area (Å²) in [5.41, 5.74) is 5.70. The third-order valence-corrected chi connectivity index (χ3v) is 4.62. The zero-order valence-electron chi connectivity index (χ0n) is 14.0. The molecule has 0 spiro atoms. The number of amides is 1. The third-order valence-electron chi connectivity index (χ3n) is 4.62. The number of nitrogens with zero attached hydrogens (tertiary/aromatic N) is 2. The zero-order chi connectivity index (χ0) is 16.8. The number of carbonyl (C=O) groups excluding carboxylic acids is 1. The first-order chi connectivity index (χ1) is 11.6. The van der Waals surface area contributed by atoms with Crippen molar-refractivity contribution < 1.29 is 9.53 Å². The van der Waals surface area contributed by atoms with Gasteiger partial charge in [-0.05, 0) is 49.2 Å². The highest BCUT2D eigenvalue weighted by molar-refractivity contribution is 6.06. The van der Waals surface area contributed by atoms with Crippen LogP contribution in [0, 0.1) is 13.8 Å². The molecule has 5 heteroatoms. The molecule has 1 amide bonds. The number of methoxy groups -OCH3 is 1. The van der Waals surface area contributed by atoms with Crippen LogP contribution >= 0.6 is 0 Å². The van der Waals surface area contributed by atoms with Gasteiger partial charge < -0.3 is 14.6 Å². The zero-order valence-corrected chi connectivity index (χ0v) is 14.0. The predicted octanol–water partition coefficient (Wildman–Crippen LogP) is 3.07. The summed E-state index contributed by atoms with van der Waals surface area (Å²) in [5.74, 6) is 1.74. The van der Waals surface area contributed by atoms with Gasteiger partial charge in [0.2, 0.25) is 0 Å². The maximum absolute atomic E-state index is 12.3. The van der Waals surface area contributed by atoms with Crippen LogP contribution in [0.3, 0.4) is 0 Å². The summed E-state index contributed by atoms with van der Waals surface area (Å²) in [5, 5.41) is 2.95. The van der Waals surface area contributed by atoms with Crippen LogP contribution in [-0.4, -0.2) is 29.1 Å². The smallest absolute Gasteiger partial charge is 0.253 e. The van der Waals surface area contributed by atoms with E-state index in [9.17, 15) is 4.79 Å². The van der Waals surface area contributed by atoms with Crippen molar-refractivity contribution in [2.75, 3.05) is 13.7 Å². The lowest BCUT2D eigenvalue weighted by Crippen LogP contribution is -2.24. The average Bonchev–Trinajstić information content (AvgIpc) is 2.85. The summed E-state index contributed by atoms with van der Waals surface area (Å²) in [6.07, 6.45) is 0. The van der Waals surface area contributed by atoms with Crippen molar-refractivity contribution >= 4 is 16.9 Å². The standard InChI is InChI=1S/C19H19N3O2/c1-11-10-16(24-3)12(2)9-14(11)18-21-15-6-4-5-13-17(15)22(18)8-7-20-19(13)23/h4-6,9-10H,7-8H2,1-3H3,(H,20,23). The molecule has 5 nitrogen and oxygen atoms in total. The molecule has 1 aliphatic heterocycles. The Kier molecular flexibility index (Phi) is 3.30. The second-order valence-corrected chi connectivity index (χ2v) is 6.15. The molecule has 0 aliphatic carbocycles. The first kappa shape index (κ1) is 14.8. The van der Waals surface area contributed by atoms with E-state index in [0.29, 0.717) is 18.7 Å². The Balaban J connectivity index is 2.02. The van der Waals surface area contributed by atoms with Crippen molar-refractivity contribution in [1.29, 1.82) is 0 Å². The minimum atomic E-state index is -0.0339. The number of carbonyl (C=O) groups is 1. The molecule has 3 aromatic rings. The fourth-order valence-corrected chi connectivity index (χ4v) is 3.42. The van der Waals surface area contributed by atoms with Crippen LogP contribution in [0.4, 0.5) is 0 Å². The lowest BCUT2D eigenvalue weighted by Gasteiger charge is -2.13. The topological polar surface area (TPSA) is 56.1 Å². The van der Waals surface area contributed by atoms with Crippen LogP contribution in [0.2, 0.25) is 0 Å². The van der Waals surface area contributed by atoms with Crippen LogP contribution in [-0.2, 0) is 6.54 Å². The van der Waals surface area contributed by atoms with Crippen molar-refractivity contribution in [3.63, 3.8) is 0 Å². The molecule has 0 radical (unpaired) electrons. The maximum Gasteiger partial charge on any atom is 0.253 e. The van der Waals surface area contributed by atoms with Gasteiger partial charge in [-0.25, -0.2) is 4.98 Å². The summed E-state index contributed by atoms with van der Waals surface area (Å²) in [7, 11) is 1.68. The van der Waals surface area contributed by atoms with Gasteiger partial charge in [-0.2, -0.15) is 0 Å². The molecular formula is C19H19N3O2. The number of rotatable bonds is 2. The highest BCUT2D eigenvalue weighted by atomic mass is 16.5. The lowest BCUT2D eigenvalue weighted by molar-refractivity contribution is 0.0956. The molecule has 0 fully saturated rings. The molecule has 1 N–H and O–H groups in total. The Hall–Kier alpha value is -2.82. The first-order valence-corrected chi connectivity index (χ1v) is 8.03. The Labute approximate surface area is 140 Å². The molecule has 0 bridgehead atoms. The molecule has 1 aliphatic rings. The Morgan fingerprint density at radius 3 is 2.79 bits per heavy atom. The highest BCUT2D eigenvalue weighted by Gasteiger charge is 2.22. The van der Waals surface area contributed by atoms with E-state index in [4.69, 9.17) is 9.72 Å². The highest BCUT2D eigenvalue weighted by Crippen LogP contribution is 2.33. The van der Waals surface area contributed by atoms with Gasteiger partial charge in [0.15, 0.2) is 0 Å². The lowest BCUT2D eigenvalue weighted by atomic mass is 10.0. The van der Waals surface area contributed by atoms with E-state index in [2.05, 4.69) is 22.9 Å². The summed E-state index contributed by atoms with van der Waals surface area (Å²) in [6, 6.07) is 9.85. The molecule has 2 heterocycles. The molecule has 122 valence electrons. The second-order valence-electron chi connectivity index (χ2n) is 6.15. The van der Waals surface area contributed by atoms with Crippen LogP contribution in [0.25, 0.3) is 22.4 Å². The number of hydrogen-bond acceptors (Lipinski definition) is 3. The number of aryl methyl sites for hydroxylation is 2. The Morgan fingerprint density at radius 2 is 2.00 bits per heavy atom. The first-order valence-electron chi connectivity index (χ1n) is 8.03. The van der Waals surface area contributed by atoms with Crippen LogP contribution in [0.15, 0.2) is 30.3 Å². The maximum atomic E-state index is 12.3. The molecule has 0 atom stereocenters. The number of benzene rings is 2. The summed E-state index contributed by atoms with van der Waals surface area (Å²) >= 11 is 0. The Bertz CT molecular complexity index is 972. The van der Waals surface area contributed by atoms with Gasteiger partial charge in [0.05, 0.1) is 23.7 Å². The molecule has 1 aromatic heterocycles. The van der Waals surface area contributed by atoms with Gasteiger partial charge in [0.25, 0.3) is 5.91 Å². The quantitative estimate of drug-likeness (QED) is 0.789. The summed E-state index contributed by atoms with van der Waals surface area (Å²) < 4.78 is 7.56. The Morgan fingerprint density at radius 1 is 1.17 bits per heavy atom. The summed E-state index contributed by atoms with van der Waals surface area (Å²) in [4.78, 5) is 17.1. The van der Waals surface area contributed by atoms with Crippen LogP contribution < -0.4 is 10.1 Å². The fraction of sp³-hybridized carbons (Fsp3) is 0.263. The average molecular weight is 321 g/mol. The molecule has 24 heavy (non-hydrogen) atoms. The molecule has 2 aromatic carbocycles. The minimum Gasteiger partial charge on any atom is -0.496 e. The van der Waals surface area contributed by atoms with E-state index in [-0.39, 0.29) is 5.91 Å². The van der Waals surface area contributed by atoms with E-state index in [1.165, 1.54) is 0 Å². The third kappa shape index (κ3) is 2.08. The summed E-state index contributed by atoms with van der Waals surface area (Å²) in [6.45, 7) is 5.40. The predicted molar refractivity (Wildman–Crippen MR) is 93.5 cm³/mol. The van der Waals surface area contributed by atoms with Crippen molar-refractivity contribution in [3.8, 4) is 17.1 Å². The van der Waals surface area contributed by atoms with E-state index >= 15 is 0 Å². The molecule has 0 saturated carbocycles. The van der Waals surface area contributed by atoms with Gasteiger partial charge in [-0.15, -0.1) is 0 Å². The van der Waals surface area contributed by atoms with E-state index in [1.807, 2.05) is 31.2 Å². The van der Waals surface area contributed by atoms with Crippen molar-refractivity contribution in [2.24, 2.45) is 0 Å². The van der Waals surface area contributed by atoms with Crippen molar-refractivity contribution in [1.82, 2.24) is 14.9 Å². The number of hydrogen-bond donors (Lipinski definition) is 1. The van der Waals surface area contributed by atoms with Crippen molar-refractivity contribution in [3.05, 3.63) is 47.0 Å². The molecular weight excluding hydrogens is 302 g/mol. The monoisotopic (exact) mass is 321 g/mol. The largest absolute Gasteiger partial charge is 0.496 e. The number of ether oxygens (including phenoxy) is 1. The van der Waals surface area contributed by atoms with Gasteiger partial charge in [-0.1, -0.05) is 6.07 Å². The van der Waals surface area contributed by atoms with Gasteiger partial charge in [0, 0.05) is 18.7 Å². The van der Waals surface area contributed by atoms with Crippen molar-refractivity contribution in [2.45, 2.75) is 20.4 Å².